The van der Waals surface area contributed by atoms with Gasteiger partial charge < -0.3 is 4.90 Å². The summed E-state index contributed by atoms with van der Waals surface area (Å²) in [5.41, 5.74) is 3.14. The van der Waals surface area contributed by atoms with E-state index in [4.69, 9.17) is 0 Å². The molecule has 1 saturated heterocycles. The predicted octanol–water partition coefficient (Wildman–Crippen LogP) is 2.35. The molecule has 0 atom stereocenters. The van der Waals surface area contributed by atoms with E-state index in [9.17, 15) is 0 Å². The Kier molecular flexibility index (Phi) is 3.44. The minimum Gasteiger partial charge on any atom is -0.370 e. The van der Waals surface area contributed by atoms with Crippen LogP contribution in [0.5, 0.6) is 0 Å². The summed E-state index contributed by atoms with van der Waals surface area (Å²) in [6, 6.07) is 2.17. The molecule has 1 aliphatic rings. The quantitative estimate of drug-likeness (QED) is 0.846. The van der Waals surface area contributed by atoms with Gasteiger partial charge in [-0.05, 0) is 32.3 Å². The predicted molar refractivity (Wildman–Crippen MR) is 75.0 cm³/mol. The molecular formula is C14H19N5. The van der Waals surface area contributed by atoms with Crippen LogP contribution in [0, 0.1) is 0 Å². The Morgan fingerprint density at radius 1 is 1.16 bits per heavy atom. The average Bonchev–Trinajstić information content (AvgIpc) is 2.97. The van der Waals surface area contributed by atoms with Crippen LogP contribution in [0.25, 0.3) is 11.3 Å². The van der Waals surface area contributed by atoms with Crippen molar-refractivity contribution < 1.29 is 0 Å². The SMILES string of the molecule is CCn1cc(-c2cncc(N3CCCCC3)c2)nn1. The molecule has 100 valence electrons. The molecular weight excluding hydrogens is 238 g/mol. The first-order valence-electron chi connectivity index (χ1n) is 6.97. The highest BCUT2D eigenvalue weighted by atomic mass is 15.4. The van der Waals surface area contributed by atoms with Gasteiger partial charge in [0.2, 0.25) is 0 Å². The van der Waals surface area contributed by atoms with Gasteiger partial charge in [0.05, 0.1) is 18.1 Å². The number of hydrogen-bond acceptors (Lipinski definition) is 4. The molecule has 1 fully saturated rings. The van der Waals surface area contributed by atoms with Gasteiger partial charge >= 0.3 is 0 Å². The summed E-state index contributed by atoms with van der Waals surface area (Å²) in [5, 5.41) is 8.28. The Balaban J connectivity index is 1.86. The van der Waals surface area contributed by atoms with Crippen LogP contribution in [0.2, 0.25) is 0 Å². The van der Waals surface area contributed by atoms with E-state index in [1.54, 1.807) is 0 Å². The van der Waals surface area contributed by atoms with Crippen LogP contribution >= 0.6 is 0 Å². The third-order valence-corrected chi connectivity index (χ3v) is 3.60. The van der Waals surface area contributed by atoms with Gasteiger partial charge in [0.15, 0.2) is 0 Å². The first-order chi connectivity index (χ1) is 9.36. The Morgan fingerprint density at radius 2 is 2.00 bits per heavy atom. The normalized spacial score (nSPS) is 15.7. The molecule has 0 aliphatic carbocycles. The number of nitrogens with zero attached hydrogens (tertiary/aromatic N) is 5. The van der Waals surface area contributed by atoms with Gasteiger partial charge in [-0.1, -0.05) is 5.21 Å². The van der Waals surface area contributed by atoms with E-state index in [2.05, 4.69) is 33.2 Å². The lowest BCUT2D eigenvalue weighted by Gasteiger charge is -2.28. The summed E-state index contributed by atoms with van der Waals surface area (Å²) < 4.78 is 1.84. The number of aryl methyl sites for hydroxylation is 1. The molecule has 0 bridgehead atoms. The standard InChI is InChI=1S/C14H19N5/c1-2-19-11-14(16-17-19)12-8-13(10-15-9-12)18-6-4-3-5-7-18/h8-11H,2-7H2,1H3. The topological polar surface area (TPSA) is 46.8 Å². The highest BCUT2D eigenvalue weighted by Crippen LogP contribution is 2.24. The molecule has 0 N–H and O–H groups in total. The van der Waals surface area contributed by atoms with Gasteiger partial charge in [-0.3, -0.25) is 9.67 Å². The molecule has 0 radical (unpaired) electrons. The average molecular weight is 257 g/mol. The van der Waals surface area contributed by atoms with Crippen LogP contribution in [-0.4, -0.2) is 33.1 Å². The second-order valence-electron chi connectivity index (χ2n) is 4.94. The third kappa shape index (κ3) is 2.59. The highest BCUT2D eigenvalue weighted by Gasteiger charge is 2.12. The fourth-order valence-electron chi connectivity index (χ4n) is 2.48. The van der Waals surface area contributed by atoms with E-state index >= 15 is 0 Å². The van der Waals surface area contributed by atoms with Crippen LogP contribution in [0.1, 0.15) is 26.2 Å². The lowest BCUT2D eigenvalue weighted by molar-refractivity contribution is 0.577. The van der Waals surface area contributed by atoms with Crippen LogP contribution in [0.15, 0.2) is 24.7 Å². The maximum atomic E-state index is 4.35. The van der Waals surface area contributed by atoms with Crippen molar-refractivity contribution in [1.82, 2.24) is 20.0 Å². The zero-order valence-electron chi connectivity index (χ0n) is 11.3. The molecule has 0 aromatic carbocycles. The zero-order chi connectivity index (χ0) is 13.1. The Labute approximate surface area is 113 Å². The summed E-state index contributed by atoms with van der Waals surface area (Å²) in [5.74, 6) is 0. The maximum absolute atomic E-state index is 4.35. The van der Waals surface area contributed by atoms with Gasteiger partial charge in [-0.2, -0.15) is 0 Å². The number of anilines is 1. The van der Waals surface area contributed by atoms with Crippen molar-refractivity contribution in [3.63, 3.8) is 0 Å². The number of rotatable bonds is 3. The first-order valence-corrected chi connectivity index (χ1v) is 6.97. The molecule has 5 heteroatoms. The fraction of sp³-hybridized carbons (Fsp3) is 0.500. The summed E-state index contributed by atoms with van der Waals surface area (Å²) >= 11 is 0. The first kappa shape index (κ1) is 12.1. The van der Waals surface area contributed by atoms with Crippen molar-refractivity contribution >= 4 is 5.69 Å². The number of aromatic nitrogens is 4. The van der Waals surface area contributed by atoms with Crippen molar-refractivity contribution in [2.45, 2.75) is 32.7 Å². The van der Waals surface area contributed by atoms with Gasteiger partial charge in [-0.15, -0.1) is 5.10 Å². The largest absolute Gasteiger partial charge is 0.370 e. The molecule has 0 unspecified atom stereocenters. The summed E-state index contributed by atoms with van der Waals surface area (Å²) in [6.07, 6.45) is 9.66. The van der Waals surface area contributed by atoms with Crippen LogP contribution < -0.4 is 4.90 Å². The monoisotopic (exact) mass is 257 g/mol. The second kappa shape index (κ2) is 5.38. The van der Waals surface area contributed by atoms with E-state index in [0.29, 0.717) is 0 Å². The molecule has 3 rings (SSSR count). The smallest absolute Gasteiger partial charge is 0.114 e. The number of pyridine rings is 1. The van der Waals surface area contributed by atoms with E-state index in [-0.39, 0.29) is 0 Å². The fourth-order valence-corrected chi connectivity index (χ4v) is 2.48. The minimum atomic E-state index is 0.840. The van der Waals surface area contributed by atoms with Crippen molar-refractivity contribution in [3.8, 4) is 11.3 Å². The van der Waals surface area contributed by atoms with Crippen LogP contribution in [-0.2, 0) is 6.54 Å². The molecule has 0 amide bonds. The van der Waals surface area contributed by atoms with Gasteiger partial charge in [0.1, 0.15) is 5.69 Å². The zero-order valence-corrected chi connectivity index (χ0v) is 11.3. The van der Waals surface area contributed by atoms with E-state index in [0.717, 1.165) is 30.9 Å². The summed E-state index contributed by atoms with van der Waals surface area (Å²) in [6.45, 7) is 5.16. The van der Waals surface area contributed by atoms with Crippen molar-refractivity contribution in [2.24, 2.45) is 0 Å². The van der Waals surface area contributed by atoms with Crippen molar-refractivity contribution in [1.29, 1.82) is 0 Å². The van der Waals surface area contributed by atoms with Gasteiger partial charge in [0.25, 0.3) is 0 Å². The molecule has 2 aromatic heterocycles. The van der Waals surface area contributed by atoms with Crippen LogP contribution in [0.4, 0.5) is 5.69 Å². The van der Waals surface area contributed by atoms with Gasteiger partial charge in [-0.25, -0.2) is 0 Å². The molecule has 19 heavy (non-hydrogen) atoms. The highest BCUT2D eigenvalue weighted by molar-refractivity contribution is 5.63. The van der Waals surface area contributed by atoms with Gasteiger partial charge in [0, 0.05) is 31.4 Å². The number of piperidine rings is 1. The van der Waals surface area contributed by atoms with Crippen LogP contribution in [0.3, 0.4) is 0 Å². The Morgan fingerprint density at radius 3 is 2.74 bits per heavy atom. The summed E-state index contributed by atoms with van der Waals surface area (Å²) in [4.78, 5) is 6.76. The Hall–Kier alpha value is -1.91. The minimum absolute atomic E-state index is 0.840. The van der Waals surface area contributed by atoms with Crippen molar-refractivity contribution in [3.05, 3.63) is 24.7 Å². The molecule has 0 saturated carbocycles. The number of hydrogen-bond donors (Lipinski definition) is 0. The molecule has 0 spiro atoms. The van der Waals surface area contributed by atoms with E-state index < -0.39 is 0 Å². The third-order valence-electron chi connectivity index (χ3n) is 3.60. The van der Waals surface area contributed by atoms with E-state index in [1.807, 2.05) is 23.3 Å². The maximum Gasteiger partial charge on any atom is 0.114 e. The lowest BCUT2D eigenvalue weighted by atomic mass is 10.1. The molecule has 2 aromatic rings. The molecule has 3 heterocycles. The molecule has 5 nitrogen and oxygen atoms in total. The lowest BCUT2D eigenvalue weighted by Crippen LogP contribution is -2.29. The molecule has 1 aliphatic heterocycles. The van der Waals surface area contributed by atoms with E-state index in [1.165, 1.54) is 24.9 Å². The second-order valence-corrected chi connectivity index (χ2v) is 4.94. The summed E-state index contributed by atoms with van der Waals surface area (Å²) in [7, 11) is 0. The van der Waals surface area contributed by atoms with Crippen molar-refractivity contribution in [2.75, 3.05) is 18.0 Å². The Bertz CT molecular complexity index is 542.